The molecule has 0 aromatic heterocycles. The molecule has 160 valence electrons. The van der Waals surface area contributed by atoms with E-state index in [1.165, 1.54) is 24.3 Å². The second kappa shape index (κ2) is 9.29. The molecule has 3 aromatic carbocycles. The van der Waals surface area contributed by atoms with E-state index in [9.17, 15) is 22.8 Å². The molecular formula is C22H18F3N3O3. The number of carbonyl (C=O) groups excluding carboxylic acids is 2. The first kappa shape index (κ1) is 21.8. The van der Waals surface area contributed by atoms with Crippen LogP contribution < -0.4 is 15.5 Å². The molecule has 0 unspecified atom stereocenters. The van der Waals surface area contributed by atoms with E-state index in [1.807, 2.05) is 36.4 Å². The van der Waals surface area contributed by atoms with Crippen LogP contribution in [0.5, 0.6) is 5.75 Å². The van der Waals surface area contributed by atoms with Crippen LogP contribution in [0, 0.1) is 0 Å². The summed E-state index contributed by atoms with van der Waals surface area (Å²) in [6.07, 6.45) is -4.96. The molecule has 3 aromatic rings. The number of fused-ring (bicyclic) bond motifs is 1. The third-order valence-corrected chi connectivity index (χ3v) is 4.26. The number of rotatable bonds is 6. The first-order valence-electron chi connectivity index (χ1n) is 9.16. The Morgan fingerprint density at radius 1 is 0.968 bits per heavy atom. The molecule has 0 aliphatic rings. The predicted molar refractivity (Wildman–Crippen MR) is 111 cm³/mol. The van der Waals surface area contributed by atoms with Crippen LogP contribution in [-0.2, 0) is 9.59 Å². The van der Waals surface area contributed by atoms with Crippen LogP contribution in [0.25, 0.3) is 10.8 Å². The maximum atomic E-state index is 12.3. The van der Waals surface area contributed by atoms with Gasteiger partial charge in [0.05, 0.1) is 5.71 Å². The highest BCUT2D eigenvalue weighted by Crippen LogP contribution is 2.21. The number of amides is 2. The van der Waals surface area contributed by atoms with Gasteiger partial charge in [0.2, 0.25) is 0 Å². The molecule has 9 heteroatoms. The molecule has 6 nitrogen and oxygen atoms in total. The van der Waals surface area contributed by atoms with Gasteiger partial charge in [-0.05, 0) is 47.5 Å². The predicted octanol–water partition coefficient (Wildman–Crippen LogP) is 4.26. The van der Waals surface area contributed by atoms with E-state index in [1.54, 1.807) is 18.3 Å². The van der Waals surface area contributed by atoms with Crippen molar-refractivity contribution >= 4 is 34.0 Å². The number of nitrogens with zero attached hydrogens (tertiary/aromatic N) is 1. The third kappa shape index (κ3) is 6.05. The Kier molecular flexibility index (Phi) is 6.54. The number of benzene rings is 3. The molecular weight excluding hydrogens is 411 g/mol. The zero-order valence-electron chi connectivity index (χ0n) is 16.4. The van der Waals surface area contributed by atoms with Gasteiger partial charge in [0.1, 0.15) is 5.75 Å². The zero-order chi connectivity index (χ0) is 22.4. The molecule has 0 spiro atoms. The molecule has 0 radical (unpaired) electrons. The van der Waals surface area contributed by atoms with Crippen molar-refractivity contribution in [1.29, 1.82) is 0 Å². The van der Waals surface area contributed by atoms with Gasteiger partial charge in [-0.25, -0.2) is 5.43 Å². The number of anilines is 1. The minimum absolute atomic E-state index is 0.00769. The summed E-state index contributed by atoms with van der Waals surface area (Å²) in [5.41, 5.74) is 3.33. The Bertz CT molecular complexity index is 1130. The summed E-state index contributed by atoms with van der Waals surface area (Å²) in [4.78, 5) is 22.9. The van der Waals surface area contributed by atoms with E-state index in [-0.39, 0.29) is 12.3 Å². The Labute approximate surface area is 175 Å². The number of hydrazone groups is 1. The Hall–Kier alpha value is -3.88. The normalized spacial score (nSPS) is 11.8. The fourth-order valence-corrected chi connectivity index (χ4v) is 2.65. The molecule has 0 fully saturated rings. The maximum absolute atomic E-state index is 12.3. The molecule has 0 saturated heterocycles. The maximum Gasteiger partial charge on any atom is 0.471 e. The summed E-state index contributed by atoms with van der Waals surface area (Å²) in [5.74, 6) is -1.98. The van der Waals surface area contributed by atoms with Gasteiger partial charge in [-0.3, -0.25) is 9.59 Å². The minimum atomic E-state index is -4.96. The number of hydrogen-bond donors (Lipinski definition) is 2. The molecule has 0 aliphatic heterocycles. The second-order valence-electron chi connectivity index (χ2n) is 6.56. The van der Waals surface area contributed by atoms with E-state index in [2.05, 4.69) is 10.5 Å². The largest absolute Gasteiger partial charge is 0.484 e. The fourth-order valence-electron chi connectivity index (χ4n) is 2.65. The lowest BCUT2D eigenvalue weighted by Gasteiger charge is -2.09. The van der Waals surface area contributed by atoms with Crippen molar-refractivity contribution in [2.24, 2.45) is 5.10 Å². The first-order chi connectivity index (χ1) is 14.7. The summed E-state index contributed by atoms with van der Waals surface area (Å²) in [6.45, 7) is 1.38. The van der Waals surface area contributed by atoms with Gasteiger partial charge in [-0.15, -0.1) is 0 Å². The SMILES string of the molecule is C/C(=N/NC(=O)COc1ccc2ccccc2c1)c1ccc(NC(=O)C(F)(F)F)cc1. The summed E-state index contributed by atoms with van der Waals surface area (Å²) >= 11 is 0. The van der Waals surface area contributed by atoms with E-state index in [0.717, 1.165) is 10.8 Å². The monoisotopic (exact) mass is 429 g/mol. The topological polar surface area (TPSA) is 79.8 Å². The molecule has 31 heavy (non-hydrogen) atoms. The number of alkyl halides is 3. The van der Waals surface area contributed by atoms with Gasteiger partial charge in [-0.2, -0.15) is 18.3 Å². The van der Waals surface area contributed by atoms with Crippen LogP contribution in [0.1, 0.15) is 12.5 Å². The summed E-state index contributed by atoms with van der Waals surface area (Å²) < 4.78 is 42.3. The van der Waals surface area contributed by atoms with E-state index in [4.69, 9.17) is 4.74 Å². The van der Waals surface area contributed by atoms with Crippen molar-refractivity contribution in [2.75, 3.05) is 11.9 Å². The minimum Gasteiger partial charge on any atom is -0.484 e. The highest BCUT2D eigenvalue weighted by molar-refractivity contribution is 6.00. The third-order valence-electron chi connectivity index (χ3n) is 4.26. The molecule has 0 saturated carbocycles. The van der Waals surface area contributed by atoms with Crippen molar-refractivity contribution < 1.29 is 27.5 Å². The quantitative estimate of drug-likeness (QED) is 0.454. The summed E-state index contributed by atoms with van der Waals surface area (Å²) in [5, 5.41) is 7.76. The molecule has 0 heterocycles. The van der Waals surface area contributed by atoms with Crippen LogP contribution in [0.2, 0.25) is 0 Å². The summed E-state index contributed by atoms with van der Waals surface area (Å²) in [7, 11) is 0. The van der Waals surface area contributed by atoms with Gasteiger partial charge < -0.3 is 10.1 Å². The van der Waals surface area contributed by atoms with Crippen LogP contribution >= 0.6 is 0 Å². The van der Waals surface area contributed by atoms with Crippen LogP contribution in [-0.4, -0.2) is 30.3 Å². The van der Waals surface area contributed by atoms with Gasteiger partial charge in [0.25, 0.3) is 5.91 Å². The zero-order valence-corrected chi connectivity index (χ0v) is 16.4. The number of nitrogens with one attached hydrogen (secondary N) is 2. The lowest BCUT2D eigenvalue weighted by Crippen LogP contribution is -2.29. The van der Waals surface area contributed by atoms with Crippen LogP contribution in [0.3, 0.4) is 0 Å². The van der Waals surface area contributed by atoms with Crippen LogP contribution in [0.4, 0.5) is 18.9 Å². The highest BCUT2D eigenvalue weighted by Gasteiger charge is 2.38. The van der Waals surface area contributed by atoms with Crippen molar-refractivity contribution in [1.82, 2.24) is 5.43 Å². The average Bonchev–Trinajstić information content (AvgIpc) is 2.75. The second-order valence-corrected chi connectivity index (χ2v) is 6.56. The van der Waals surface area contributed by atoms with E-state index < -0.39 is 18.0 Å². The average molecular weight is 429 g/mol. The molecule has 3 rings (SSSR count). The van der Waals surface area contributed by atoms with Crippen molar-refractivity contribution in [3.05, 3.63) is 72.3 Å². The smallest absolute Gasteiger partial charge is 0.471 e. The molecule has 2 amide bonds. The van der Waals surface area contributed by atoms with Crippen molar-refractivity contribution in [3.8, 4) is 5.75 Å². The molecule has 0 aliphatic carbocycles. The number of hydrogen-bond acceptors (Lipinski definition) is 4. The lowest BCUT2D eigenvalue weighted by atomic mass is 10.1. The summed E-state index contributed by atoms with van der Waals surface area (Å²) in [6, 6.07) is 18.8. The number of ether oxygens (including phenoxy) is 1. The van der Waals surface area contributed by atoms with Crippen LogP contribution in [0.15, 0.2) is 71.8 Å². The van der Waals surface area contributed by atoms with Crippen molar-refractivity contribution in [2.45, 2.75) is 13.1 Å². The highest BCUT2D eigenvalue weighted by atomic mass is 19.4. The molecule has 0 atom stereocenters. The number of carbonyl (C=O) groups is 2. The molecule has 2 N–H and O–H groups in total. The molecule has 0 bridgehead atoms. The van der Waals surface area contributed by atoms with Gasteiger partial charge in [0, 0.05) is 5.69 Å². The van der Waals surface area contributed by atoms with Gasteiger partial charge in [0.15, 0.2) is 6.61 Å². The van der Waals surface area contributed by atoms with Crippen molar-refractivity contribution in [3.63, 3.8) is 0 Å². The van der Waals surface area contributed by atoms with E-state index >= 15 is 0 Å². The Morgan fingerprint density at radius 2 is 1.65 bits per heavy atom. The standard InChI is InChI=1S/C22H18F3N3O3/c1-14(15-6-9-18(10-7-15)26-21(30)22(23,24)25)27-28-20(29)13-31-19-11-8-16-4-2-3-5-17(16)12-19/h2-12H,13H2,1H3,(H,26,30)(H,28,29)/b27-14-. The number of halogens is 3. The lowest BCUT2D eigenvalue weighted by molar-refractivity contribution is -0.167. The Morgan fingerprint density at radius 3 is 2.32 bits per heavy atom. The van der Waals surface area contributed by atoms with E-state index in [0.29, 0.717) is 17.0 Å². The fraction of sp³-hybridized carbons (Fsp3) is 0.136. The Balaban J connectivity index is 1.53. The van der Waals surface area contributed by atoms with Gasteiger partial charge >= 0.3 is 12.1 Å². The first-order valence-corrected chi connectivity index (χ1v) is 9.16. The van der Waals surface area contributed by atoms with Gasteiger partial charge in [-0.1, -0.05) is 42.5 Å².